The van der Waals surface area contributed by atoms with Crippen molar-refractivity contribution in [2.24, 2.45) is 4.99 Å². The first kappa shape index (κ1) is 23.8. The summed E-state index contributed by atoms with van der Waals surface area (Å²) < 4.78 is 16.3. The zero-order chi connectivity index (χ0) is 19.5. The molecule has 1 aromatic heterocycles. The molecule has 154 valence electrons. The van der Waals surface area contributed by atoms with E-state index in [4.69, 9.17) is 14.2 Å². The van der Waals surface area contributed by atoms with Gasteiger partial charge < -0.3 is 24.8 Å². The Balaban J connectivity index is 0.00000392. The summed E-state index contributed by atoms with van der Waals surface area (Å²) in [4.78, 5) is 8.98. The summed E-state index contributed by atoms with van der Waals surface area (Å²) >= 11 is 0. The summed E-state index contributed by atoms with van der Waals surface area (Å²) in [5.41, 5.74) is 1.96. The summed E-state index contributed by atoms with van der Waals surface area (Å²) in [6.45, 7) is 4.00. The highest BCUT2D eigenvalue weighted by atomic mass is 127. The van der Waals surface area contributed by atoms with Gasteiger partial charge in [-0.2, -0.15) is 0 Å². The van der Waals surface area contributed by atoms with Gasteiger partial charge in [-0.3, -0.25) is 4.98 Å². The van der Waals surface area contributed by atoms with Crippen molar-refractivity contribution in [2.45, 2.75) is 19.9 Å². The largest absolute Gasteiger partial charge is 0.493 e. The Bertz CT molecular complexity index is 742. The standard InChI is InChI=1S/C20H28N4O3.HI/c1-5-21-20(23-13-11-16-8-6-7-12-22-16)24-14-15-9-10-17(25-2)19(27-4)18(15)26-3;/h6-10,12H,5,11,13-14H2,1-4H3,(H2,21,23,24);1H. The summed E-state index contributed by atoms with van der Waals surface area (Å²) in [5.74, 6) is 2.57. The number of methoxy groups -OCH3 is 3. The number of aliphatic imine (C=N–C) groups is 1. The number of halogens is 1. The molecule has 0 aliphatic carbocycles. The van der Waals surface area contributed by atoms with Crippen LogP contribution in [0.3, 0.4) is 0 Å². The first-order valence-corrected chi connectivity index (χ1v) is 8.93. The second-order valence-corrected chi connectivity index (χ2v) is 5.69. The van der Waals surface area contributed by atoms with Gasteiger partial charge in [0.2, 0.25) is 5.75 Å². The van der Waals surface area contributed by atoms with Crippen LogP contribution in [0.15, 0.2) is 41.5 Å². The molecular formula is C20H29IN4O3. The van der Waals surface area contributed by atoms with Gasteiger partial charge in [-0.1, -0.05) is 6.07 Å². The molecule has 7 nitrogen and oxygen atoms in total. The van der Waals surface area contributed by atoms with E-state index in [-0.39, 0.29) is 24.0 Å². The molecule has 2 rings (SSSR count). The molecule has 2 aromatic rings. The first-order valence-electron chi connectivity index (χ1n) is 8.93. The number of nitrogens with zero attached hydrogens (tertiary/aromatic N) is 2. The smallest absolute Gasteiger partial charge is 0.203 e. The molecule has 0 saturated carbocycles. The molecule has 0 bridgehead atoms. The van der Waals surface area contributed by atoms with E-state index in [2.05, 4.69) is 20.6 Å². The van der Waals surface area contributed by atoms with E-state index >= 15 is 0 Å². The van der Waals surface area contributed by atoms with Crippen molar-refractivity contribution in [2.75, 3.05) is 34.4 Å². The van der Waals surface area contributed by atoms with Gasteiger partial charge in [-0.25, -0.2) is 4.99 Å². The maximum absolute atomic E-state index is 5.52. The van der Waals surface area contributed by atoms with E-state index in [1.807, 2.05) is 37.3 Å². The topological polar surface area (TPSA) is 77.0 Å². The highest BCUT2D eigenvalue weighted by Crippen LogP contribution is 2.39. The third-order valence-electron chi connectivity index (χ3n) is 3.94. The molecule has 28 heavy (non-hydrogen) atoms. The highest BCUT2D eigenvalue weighted by Gasteiger charge is 2.15. The minimum absolute atomic E-state index is 0. The lowest BCUT2D eigenvalue weighted by Gasteiger charge is -2.15. The van der Waals surface area contributed by atoms with Crippen molar-refractivity contribution >= 4 is 29.9 Å². The van der Waals surface area contributed by atoms with Crippen LogP contribution < -0.4 is 24.8 Å². The number of hydrogen-bond acceptors (Lipinski definition) is 5. The van der Waals surface area contributed by atoms with Crippen LogP contribution in [-0.2, 0) is 13.0 Å². The van der Waals surface area contributed by atoms with Gasteiger partial charge in [-0.15, -0.1) is 24.0 Å². The predicted octanol–water partition coefficient (Wildman–Crippen LogP) is 3.02. The quantitative estimate of drug-likeness (QED) is 0.313. The predicted molar refractivity (Wildman–Crippen MR) is 122 cm³/mol. The molecule has 8 heteroatoms. The molecule has 2 N–H and O–H groups in total. The van der Waals surface area contributed by atoms with E-state index in [1.54, 1.807) is 27.5 Å². The third kappa shape index (κ3) is 6.74. The van der Waals surface area contributed by atoms with Gasteiger partial charge in [0, 0.05) is 37.0 Å². The van der Waals surface area contributed by atoms with Crippen molar-refractivity contribution in [1.82, 2.24) is 15.6 Å². The molecule has 0 saturated heterocycles. The Hall–Kier alpha value is -2.23. The minimum atomic E-state index is 0. The number of hydrogen-bond donors (Lipinski definition) is 2. The SMILES string of the molecule is CCNC(=NCc1ccc(OC)c(OC)c1OC)NCCc1ccccn1.I. The molecule has 0 aliphatic rings. The molecule has 0 spiro atoms. The van der Waals surface area contributed by atoms with Crippen molar-refractivity contribution in [3.05, 3.63) is 47.8 Å². The molecule has 1 aromatic carbocycles. The minimum Gasteiger partial charge on any atom is -0.493 e. The van der Waals surface area contributed by atoms with Gasteiger partial charge >= 0.3 is 0 Å². The van der Waals surface area contributed by atoms with Crippen LogP contribution >= 0.6 is 24.0 Å². The molecule has 0 amide bonds. The zero-order valence-corrected chi connectivity index (χ0v) is 19.2. The summed E-state index contributed by atoms with van der Waals surface area (Å²) in [7, 11) is 4.81. The number of ether oxygens (including phenoxy) is 3. The maximum atomic E-state index is 5.52. The normalized spacial score (nSPS) is 10.6. The summed E-state index contributed by atoms with van der Waals surface area (Å²) in [6, 6.07) is 9.71. The number of rotatable bonds is 9. The second-order valence-electron chi connectivity index (χ2n) is 5.69. The van der Waals surface area contributed by atoms with Crippen LogP contribution in [0.4, 0.5) is 0 Å². The van der Waals surface area contributed by atoms with Gasteiger partial charge in [0.25, 0.3) is 0 Å². The van der Waals surface area contributed by atoms with E-state index in [9.17, 15) is 0 Å². The molecule has 0 unspecified atom stereocenters. The Labute approximate surface area is 183 Å². The van der Waals surface area contributed by atoms with Crippen molar-refractivity contribution in [3.63, 3.8) is 0 Å². The monoisotopic (exact) mass is 500 g/mol. The zero-order valence-electron chi connectivity index (χ0n) is 16.8. The molecule has 0 atom stereocenters. The Morgan fingerprint density at radius 3 is 2.39 bits per heavy atom. The molecule has 0 radical (unpaired) electrons. The van der Waals surface area contributed by atoms with Gasteiger partial charge in [0.05, 0.1) is 27.9 Å². The summed E-state index contributed by atoms with van der Waals surface area (Å²) in [5, 5.41) is 6.58. The summed E-state index contributed by atoms with van der Waals surface area (Å²) in [6.07, 6.45) is 2.63. The van der Waals surface area contributed by atoms with Gasteiger partial charge in [-0.05, 0) is 31.2 Å². The van der Waals surface area contributed by atoms with Crippen molar-refractivity contribution in [1.29, 1.82) is 0 Å². The Morgan fingerprint density at radius 1 is 1.00 bits per heavy atom. The Morgan fingerprint density at radius 2 is 1.79 bits per heavy atom. The van der Waals surface area contributed by atoms with Crippen LogP contribution in [0.25, 0.3) is 0 Å². The molecule has 1 heterocycles. The van der Waals surface area contributed by atoms with Crippen LogP contribution in [0.1, 0.15) is 18.2 Å². The maximum Gasteiger partial charge on any atom is 0.203 e. The second kappa shape index (κ2) is 13.0. The van der Waals surface area contributed by atoms with Gasteiger partial charge in [0.15, 0.2) is 17.5 Å². The van der Waals surface area contributed by atoms with Gasteiger partial charge in [0.1, 0.15) is 0 Å². The number of aromatic nitrogens is 1. The van der Waals surface area contributed by atoms with E-state index in [1.165, 1.54) is 0 Å². The molecule has 0 fully saturated rings. The fourth-order valence-electron chi connectivity index (χ4n) is 2.65. The highest BCUT2D eigenvalue weighted by molar-refractivity contribution is 14.0. The third-order valence-corrected chi connectivity index (χ3v) is 3.94. The fourth-order valence-corrected chi connectivity index (χ4v) is 2.65. The number of pyridine rings is 1. The average Bonchev–Trinajstić information content (AvgIpc) is 2.71. The lowest BCUT2D eigenvalue weighted by Crippen LogP contribution is -2.38. The lowest BCUT2D eigenvalue weighted by molar-refractivity contribution is 0.322. The van der Waals surface area contributed by atoms with Crippen LogP contribution in [0.5, 0.6) is 17.2 Å². The van der Waals surface area contributed by atoms with E-state index in [0.717, 1.165) is 36.7 Å². The number of benzene rings is 1. The van der Waals surface area contributed by atoms with Crippen LogP contribution in [0.2, 0.25) is 0 Å². The first-order chi connectivity index (χ1) is 13.2. The lowest BCUT2D eigenvalue weighted by atomic mass is 10.1. The van der Waals surface area contributed by atoms with Crippen molar-refractivity contribution in [3.8, 4) is 17.2 Å². The number of nitrogens with one attached hydrogen (secondary N) is 2. The number of guanidine groups is 1. The fraction of sp³-hybridized carbons (Fsp3) is 0.400. The molecule has 0 aliphatic heterocycles. The van der Waals surface area contributed by atoms with E-state index in [0.29, 0.717) is 23.8 Å². The van der Waals surface area contributed by atoms with Crippen LogP contribution in [-0.4, -0.2) is 45.4 Å². The Kier molecular flexibility index (Phi) is 11.1. The van der Waals surface area contributed by atoms with E-state index < -0.39 is 0 Å². The average molecular weight is 500 g/mol. The molecular weight excluding hydrogens is 471 g/mol. The van der Waals surface area contributed by atoms with Crippen LogP contribution in [0, 0.1) is 0 Å². The van der Waals surface area contributed by atoms with Crippen molar-refractivity contribution < 1.29 is 14.2 Å².